The summed E-state index contributed by atoms with van der Waals surface area (Å²) < 4.78 is 14.3. The molecule has 1 amide bonds. The van der Waals surface area contributed by atoms with Crippen LogP contribution < -0.4 is 10.9 Å². The number of fused-ring (bicyclic) bond motifs is 1. The van der Waals surface area contributed by atoms with Crippen LogP contribution in [0, 0.1) is 12.7 Å². The summed E-state index contributed by atoms with van der Waals surface area (Å²) in [4.78, 5) is 37.6. The number of carbonyl (C=O) groups is 1. The first-order chi connectivity index (χ1) is 14.5. The largest absolute Gasteiger partial charge is 0.350 e. The Hall–Kier alpha value is -3.94. The zero-order valence-electron chi connectivity index (χ0n) is 16.2. The molecule has 2 aromatic heterocycles. The maximum absolute atomic E-state index is 13.1. The van der Waals surface area contributed by atoms with Crippen molar-refractivity contribution in [1.82, 2.24) is 24.8 Å². The fourth-order valence-corrected chi connectivity index (χ4v) is 2.92. The molecule has 0 saturated carbocycles. The fourth-order valence-electron chi connectivity index (χ4n) is 2.92. The number of hydrogen-bond donors (Lipinski definition) is 1. The average molecular weight is 403 g/mol. The Kier molecular flexibility index (Phi) is 5.30. The molecule has 150 valence electrons. The number of aromatic nitrogens is 4. The minimum absolute atomic E-state index is 0.159. The molecule has 0 aliphatic heterocycles. The van der Waals surface area contributed by atoms with E-state index in [4.69, 9.17) is 0 Å². The van der Waals surface area contributed by atoms with Gasteiger partial charge in [-0.2, -0.15) is 0 Å². The standard InChI is InChI=1S/C22H18FN5O2/c1-14-2-4-15(5-3-14)10-24-19(29)12-28-13-26-21-18(22(28)30)11-25-20(27-21)16-6-8-17(23)9-7-16/h2-9,11,13H,10,12H2,1H3,(H,24,29). The van der Waals surface area contributed by atoms with E-state index in [1.54, 1.807) is 12.1 Å². The molecule has 7 nitrogen and oxygen atoms in total. The van der Waals surface area contributed by atoms with Gasteiger partial charge in [-0.15, -0.1) is 0 Å². The number of nitrogens with zero attached hydrogens (tertiary/aromatic N) is 4. The van der Waals surface area contributed by atoms with Crippen LogP contribution in [0.25, 0.3) is 22.4 Å². The predicted octanol–water partition coefficient (Wildman–Crippen LogP) is 2.62. The van der Waals surface area contributed by atoms with Crippen molar-refractivity contribution in [3.8, 4) is 11.4 Å². The quantitative estimate of drug-likeness (QED) is 0.553. The number of halogens is 1. The molecule has 0 spiro atoms. The second-order valence-corrected chi connectivity index (χ2v) is 6.88. The zero-order chi connectivity index (χ0) is 21.1. The van der Waals surface area contributed by atoms with E-state index in [1.165, 1.54) is 29.2 Å². The number of carbonyl (C=O) groups excluding carboxylic acids is 1. The summed E-state index contributed by atoms with van der Waals surface area (Å²) in [6, 6.07) is 13.5. The maximum atomic E-state index is 13.1. The van der Waals surface area contributed by atoms with Crippen molar-refractivity contribution in [3.63, 3.8) is 0 Å². The van der Waals surface area contributed by atoms with Crippen molar-refractivity contribution >= 4 is 16.9 Å². The normalized spacial score (nSPS) is 10.9. The number of amides is 1. The minimum Gasteiger partial charge on any atom is -0.350 e. The van der Waals surface area contributed by atoms with Gasteiger partial charge in [0.1, 0.15) is 24.1 Å². The van der Waals surface area contributed by atoms with Crippen LogP contribution in [0.3, 0.4) is 0 Å². The molecule has 0 bridgehead atoms. The highest BCUT2D eigenvalue weighted by molar-refractivity contribution is 5.77. The van der Waals surface area contributed by atoms with Gasteiger partial charge in [0.2, 0.25) is 5.91 Å². The lowest BCUT2D eigenvalue weighted by atomic mass is 10.1. The molecule has 0 unspecified atom stereocenters. The third-order valence-corrected chi connectivity index (χ3v) is 4.61. The van der Waals surface area contributed by atoms with Crippen LogP contribution in [0.15, 0.2) is 65.8 Å². The van der Waals surface area contributed by atoms with Gasteiger partial charge in [0.05, 0.1) is 0 Å². The van der Waals surface area contributed by atoms with Crippen molar-refractivity contribution in [3.05, 3.63) is 88.4 Å². The van der Waals surface area contributed by atoms with E-state index in [-0.39, 0.29) is 29.3 Å². The van der Waals surface area contributed by atoms with Gasteiger partial charge >= 0.3 is 0 Å². The minimum atomic E-state index is -0.406. The first-order valence-electron chi connectivity index (χ1n) is 9.30. The molecule has 2 aromatic carbocycles. The molecule has 2 heterocycles. The molecule has 4 rings (SSSR count). The molecule has 0 radical (unpaired) electrons. The van der Waals surface area contributed by atoms with E-state index >= 15 is 0 Å². The topological polar surface area (TPSA) is 89.8 Å². The van der Waals surface area contributed by atoms with Crippen LogP contribution in [0.1, 0.15) is 11.1 Å². The summed E-state index contributed by atoms with van der Waals surface area (Å²) in [5.74, 6) is -0.327. The third-order valence-electron chi connectivity index (χ3n) is 4.61. The van der Waals surface area contributed by atoms with Crippen LogP contribution in [-0.4, -0.2) is 25.4 Å². The van der Waals surface area contributed by atoms with Crippen molar-refractivity contribution in [2.75, 3.05) is 0 Å². The average Bonchev–Trinajstić information content (AvgIpc) is 2.76. The highest BCUT2D eigenvalue weighted by Crippen LogP contribution is 2.16. The van der Waals surface area contributed by atoms with E-state index in [2.05, 4.69) is 20.3 Å². The monoisotopic (exact) mass is 403 g/mol. The van der Waals surface area contributed by atoms with E-state index in [0.717, 1.165) is 11.1 Å². The molecule has 0 saturated heterocycles. The number of rotatable bonds is 5. The van der Waals surface area contributed by atoms with Gasteiger partial charge in [-0.05, 0) is 36.8 Å². The molecule has 30 heavy (non-hydrogen) atoms. The Bertz CT molecular complexity index is 1270. The molecule has 0 fully saturated rings. The molecule has 0 atom stereocenters. The number of aryl methyl sites for hydroxylation is 1. The first-order valence-corrected chi connectivity index (χ1v) is 9.30. The SMILES string of the molecule is Cc1ccc(CNC(=O)Cn2cnc3nc(-c4ccc(F)cc4)ncc3c2=O)cc1. The van der Waals surface area contributed by atoms with Gasteiger partial charge in [-0.3, -0.25) is 14.2 Å². The van der Waals surface area contributed by atoms with E-state index in [0.29, 0.717) is 17.9 Å². The van der Waals surface area contributed by atoms with Crippen LogP contribution >= 0.6 is 0 Å². The summed E-state index contributed by atoms with van der Waals surface area (Å²) in [5.41, 5.74) is 2.53. The summed E-state index contributed by atoms with van der Waals surface area (Å²) in [6.07, 6.45) is 2.66. The second kappa shape index (κ2) is 8.20. The Labute approximate surface area is 171 Å². The molecule has 1 N–H and O–H groups in total. The number of hydrogen-bond acceptors (Lipinski definition) is 5. The van der Waals surface area contributed by atoms with Crippen LogP contribution in [0.2, 0.25) is 0 Å². The zero-order valence-corrected chi connectivity index (χ0v) is 16.2. The summed E-state index contributed by atoms with van der Waals surface area (Å²) in [6.45, 7) is 2.21. The van der Waals surface area contributed by atoms with Gasteiger partial charge in [0.15, 0.2) is 11.5 Å². The summed E-state index contributed by atoms with van der Waals surface area (Å²) in [5, 5.41) is 2.99. The lowest BCUT2D eigenvalue weighted by Gasteiger charge is -2.08. The van der Waals surface area contributed by atoms with Crippen LogP contribution in [-0.2, 0) is 17.9 Å². The lowest BCUT2D eigenvalue weighted by Crippen LogP contribution is -2.32. The maximum Gasteiger partial charge on any atom is 0.264 e. The van der Waals surface area contributed by atoms with Crippen LogP contribution in [0.4, 0.5) is 4.39 Å². The third kappa shape index (κ3) is 4.22. The molecule has 8 heteroatoms. The second-order valence-electron chi connectivity index (χ2n) is 6.88. The Morgan fingerprint density at radius 2 is 1.80 bits per heavy atom. The summed E-state index contributed by atoms with van der Waals surface area (Å²) >= 11 is 0. The van der Waals surface area contributed by atoms with Gasteiger partial charge in [0.25, 0.3) is 5.56 Å². The van der Waals surface area contributed by atoms with Crippen molar-refractivity contribution < 1.29 is 9.18 Å². The van der Waals surface area contributed by atoms with Gasteiger partial charge < -0.3 is 5.32 Å². The van der Waals surface area contributed by atoms with Crippen LogP contribution in [0.5, 0.6) is 0 Å². The molecule has 0 aliphatic rings. The van der Waals surface area contributed by atoms with Gasteiger partial charge in [0, 0.05) is 18.3 Å². The van der Waals surface area contributed by atoms with E-state index < -0.39 is 5.56 Å². The van der Waals surface area contributed by atoms with Crippen molar-refractivity contribution in [2.24, 2.45) is 0 Å². The smallest absolute Gasteiger partial charge is 0.264 e. The first kappa shape index (κ1) is 19.4. The lowest BCUT2D eigenvalue weighted by molar-refractivity contribution is -0.121. The highest BCUT2D eigenvalue weighted by Gasteiger charge is 2.11. The number of nitrogens with one attached hydrogen (secondary N) is 1. The van der Waals surface area contributed by atoms with Gasteiger partial charge in [-0.1, -0.05) is 29.8 Å². The highest BCUT2D eigenvalue weighted by atomic mass is 19.1. The molecular weight excluding hydrogens is 385 g/mol. The molecule has 4 aromatic rings. The van der Waals surface area contributed by atoms with Crippen molar-refractivity contribution in [2.45, 2.75) is 20.0 Å². The predicted molar refractivity (Wildman–Crippen MR) is 110 cm³/mol. The van der Waals surface area contributed by atoms with Crippen molar-refractivity contribution in [1.29, 1.82) is 0 Å². The Balaban J connectivity index is 1.50. The number of benzene rings is 2. The van der Waals surface area contributed by atoms with Gasteiger partial charge in [-0.25, -0.2) is 19.3 Å². The summed E-state index contributed by atoms with van der Waals surface area (Å²) in [7, 11) is 0. The van der Waals surface area contributed by atoms with E-state index in [9.17, 15) is 14.0 Å². The van der Waals surface area contributed by atoms with E-state index in [1.807, 2.05) is 31.2 Å². The Morgan fingerprint density at radius 3 is 2.53 bits per heavy atom. The molecule has 0 aliphatic carbocycles. The Morgan fingerprint density at radius 1 is 1.07 bits per heavy atom. The molecular formula is C22H18FN5O2. The fraction of sp³-hybridized carbons (Fsp3) is 0.136.